The molecule has 0 radical (unpaired) electrons. The summed E-state index contributed by atoms with van der Waals surface area (Å²) in [5.74, 6) is -0.937. The van der Waals surface area contributed by atoms with Gasteiger partial charge in [-0.05, 0) is 62.3 Å². The molecular weight excluding hydrogens is 459 g/mol. The predicted octanol–water partition coefficient (Wildman–Crippen LogP) is 4.57. The van der Waals surface area contributed by atoms with Crippen molar-refractivity contribution < 1.29 is 23.1 Å². The highest BCUT2D eigenvalue weighted by molar-refractivity contribution is 5.96. The fourth-order valence-electron chi connectivity index (χ4n) is 6.14. The van der Waals surface area contributed by atoms with Crippen molar-refractivity contribution in [3.05, 3.63) is 64.1 Å². The number of amides is 1. The fraction of sp³-hybridized carbons (Fsp3) is 0.538. The van der Waals surface area contributed by atoms with Crippen molar-refractivity contribution in [3.63, 3.8) is 0 Å². The molecule has 1 amide bonds. The highest BCUT2D eigenvalue weighted by atomic mass is 19.4. The van der Waals surface area contributed by atoms with Crippen LogP contribution in [0.15, 0.2) is 47.4 Å². The second-order valence-electron chi connectivity index (χ2n) is 10.7. The zero-order valence-corrected chi connectivity index (χ0v) is 19.2. The lowest BCUT2D eigenvalue weighted by atomic mass is 9.77. The molecule has 2 aromatic rings. The monoisotopic (exact) mass is 487 g/mol. The maximum Gasteiger partial charge on any atom is 0.394 e. The number of benzene rings is 1. The molecule has 9 heteroatoms. The number of rotatable bonds is 5. The molecule has 1 aromatic heterocycles. The first kappa shape index (κ1) is 22.5. The Morgan fingerprint density at radius 1 is 1.00 bits per heavy atom. The van der Waals surface area contributed by atoms with Crippen LogP contribution >= 0.6 is 0 Å². The predicted molar refractivity (Wildman–Crippen MR) is 122 cm³/mol. The molecule has 1 N–H and O–H groups in total. The van der Waals surface area contributed by atoms with E-state index in [-0.39, 0.29) is 37.0 Å². The highest BCUT2D eigenvalue weighted by Crippen LogP contribution is 2.63. The zero-order valence-electron chi connectivity index (χ0n) is 19.2. The molecule has 2 saturated carbocycles. The van der Waals surface area contributed by atoms with Gasteiger partial charge in [-0.3, -0.25) is 19.3 Å². The molecule has 3 heterocycles. The fourth-order valence-corrected chi connectivity index (χ4v) is 6.14. The summed E-state index contributed by atoms with van der Waals surface area (Å²) in [4.78, 5) is 27.5. The number of fused-ring (bicyclic) bond motifs is 3. The van der Waals surface area contributed by atoms with Gasteiger partial charge in [0.2, 0.25) is 5.43 Å². The summed E-state index contributed by atoms with van der Waals surface area (Å²) in [6.45, 7) is 0.515. The van der Waals surface area contributed by atoms with Gasteiger partial charge in [0.1, 0.15) is 6.17 Å². The zero-order chi connectivity index (χ0) is 24.5. The number of nitrogens with zero attached hydrogens (tertiary/aromatic N) is 3. The van der Waals surface area contributed by atoms with E-state index in [9.17, 15) is 27.9 Å². The lowest BCUT2D eigenvalue weighted by Crippen LogP contribution is -2.65. The van der Waals surface area contributed by atoms with Crippen LogP contribution in [0, 0.1) is 17.3 Å². The lowest BCUT2D eigenvalue weighted by Gasteiger charge is -2.55. The van der Waals surface area contributed by atoms with Crippen molar-refractivity contribution in [1.82, 2.24) is 9.58 Å². The van der Waals surface area contributed by atoms with Crippen molar-refractivity contribution in [2.24, 2.45) is 17.3 Å². The largest absolute Gasteiger partial charge is 0.502 e. The van der Waals surface area contributed by atoms with Gasteiger partial charge in [-0.1, -0.05) is 30.3 Å². The first-order valence-corrected chi connectivity index (χ1v) is 12.4. The Labute approximate surface area is 200 Å². The molecular formula is C26H28F3N3O3. The minimum Gasteiger partial charge on any atom is -0.502 e. The van der Waals surface area contributed by atoms with E-state index in [2.05, 4.69) is 0 Å². The number of pyridine rings is 1. The van der Waals surface area contributed by atoms with Gasteiger partial charge in [0.15, 0.2) is 11.4 Å². The quantitative estimate of drug-likeness (QED) is 0.671. The summed E-state index contributed by atoms with van der Waals surface area (Å²) in [6, 6.07) is 10.2. The highest BCUT2D eigenvalue weighted by Gasteiger charge is 2.64. The number of halogens is 3. The molecule has 3 atom stereocenters. The topological polar surface area (TPSA) is 65.8 Å². The van der Waals surface area contributed by atoms with E-state index in [1.807, 2.05) is 35.3 Å². The van der Waals surface area contributed by atoms with E-state index in [1.54, 1.807) is 4.90 Å². The molecule has 3 unspecified atom stereocenters. The first-order chi connectivity index (χ1) is 16.7. The van der Waals surface area contributed by atoms with E-state index in [0.29, 0.717) is 25.3 Å². The Morgan fingerprint density at radius 3 is 2.34 bits per heavy atom. The Bertz CT molecular complexity index is 1200. The number of piperidine rings is 1. The van der Waals surface area contributed by atoms with Crippen LogP contribution in [0.5, 0.6) is 5.75 Å². The van der Waals surface area contributed by atoms with Crippen LogP contribution < -0.4 is 10.4 Å². The van der Waals surface area contributed by atoms with Crippen LogP contribution in [0.25, 0.3) is 0 Å². The number of carbonyl (C=O) groups is 1. The average Bonchev–Trinajstić information content (AvgIpc) is 3.75. The van der Waals surface area contributed by atoms with Gasteiger partial charge in [0.25, 0.3) is 5.91 Å². The second-order valence-corrected chi connectivity index (χ2v) is 10.7. The van der Waals surface area contributed by atoms with Crippen molar-refractivity contribution in [3.8, 4) is 5.75 Å². The third kappa shape index (κ3) is 3.62. The number of aromatic hydroxyl groups is 1. The maximum absolute atomic E-state index is 14.0. The Hall–Kier alpha value is -2.97. The molecule has 2 aliphatic carbocycles. The maximum atomic E-state index is 14.0. The molecule has 35 heavy (non-hydrogen) atoms. The summed E-state index contributed by atoms with van der Waals surface area (Å²) in [5, 5.41) is 12.6. The summed E-state index contributed by atoms with van der Waals surface area (Å²) < 4.78 is 43.5. The molecule has 0 spiro atoms. The van der Waals surface area contributed by atoms with Gasteiger partial charge in [-0.2, -0.15) is 13.2 Å². The summed E-state index contributed by atoms with van der Waals surface area (Å²) >= 11 is 0. The van der Waals surface area contributed by atoms with Crippen LogP contribution in [0.4, 0.5) is 13.2 Å². The molecule has 1 saturated heterocycles. The average molecular weight is 488 g/mol. The van der Waals surface area contributed by atoms with E-state index >= 15 is 0 Å². The minimum atomic E-state index is -4.25. The van der Waals surface area contributed by atoms with Crippen molar-refractivity contribution in [2.45, 2.75) is 63.3 Å². The van der Waals surface area contributed by atoms with Crippen molar-refractivity contribution in [1.29, 1.82) is 0 Å². The molecule has 2 aliphatic heterocycles. The van der Waals surface area contributed by atoms with Gasteiger partial charge in [-0.25, -0.2) is 0 Å². The van der Waals surface area contributed by atoms with Crippen LogP contribution in [0.1, 0.15) is 67.0 Å². The smallest absolute Gasteiger partial charge is 0.394 e. The van der Waals surface area contributed by atoms with Gasteiger partial charge in [0.05, 0.1) is 11.5 Å². The van der Waals surface area contributed by atoms with E-state index in [4.69, 9.17) is 0 Å². The van der Waals surface area contributed by atoms with Crippen LogP contribution in [-0.2, 0) is 0 Å². The van der Waals surface area contributed by atoms with E-state index < -0.39 is 34.7 Å². The molecule has 3 fully saturated rings. The molecule has 4 aliphatic rings. The van der Waals surface area contributed by atoms with Crippen LogP contribution in [-0.4, -0.2) is 39.5 Å². The number of alkyl halides is 3. The lowest BCUT2D eigenvalue weighted by molar-refractivity contribution is -0.193. The van der Waals surface area contributed by atoms with Gasteiger partial charge >= 0.3 is 6.18 Å². The number of carbonyl (C=O) groups excluding carboxylic acids is 1. The van der Waals surface area contributed by atoms with Crippen LogP contribution in [0.2, 0.25) is 0 Å². The van der Waals surface area contributed by atoms with Gasteiger partial charge in [-0.15, -0.1) is 0 Å². The Kier molecular flexibility index (Phi) is 4.99. The summed E-state index contributed by atoms with van der Waals surface area (Å²) in [6.07, 6.45) is 0.320. The van der Waals surface area contributed by atoms with Crippen LogP contribution in [0.3, 0.4) is 0 Å². The van der Waals surface area contributed by atoms with Crippen molar-refractivity contribution >= 4 is 5.91 Å². The molecule has 186 valence electrons. The molecule has 6 rings (SSSR count). The van der Waals surface area contributed by atoms with E-state index in [0.717, 1.165) is 18.4 Å². The van der Waals surface area contributed by atoms with E-state index in [1.165, 1.54) is 16.9 Å². The third-order valence-electron chi connectivity index (χ3n) is 8.36. The molecule has 0 bridgehead atoms. The minimum absolute atomic E-state index is 0.0252. The first-order valence-electron chi connectivity index (χ1n) is 12.4. The number of aromatic nitrogens is 1. The van der Waals surface area contributed by atoms with Gasteiger partial charge < -0.3 is 10.0 Å². The second kappa shape index (κ2) is 7.77. The number of hydrogen-bond donors (Lipinski definition) is 1. The van der Waals surface area contributed by atoms with Crippen molar-refractivity contribution in [2.75, 3.05) is 11.6 Å². The van der Waals surface area contributed by atoms with Gasteiger partial charge in [0, 0.05) is 18.8 Å². The molecule has 1 aromatic carbocycles. The normalized spacial score (nSPS) is 27.4. The Morgan fingerprint density at radius 2 is 1.71 bits per heavy atom. The third-order valence-corrected chi connectivity index (χ3v) is 8.36. The Balaban J connectivity index is 1.49. The number of hydrogen-bond acceptors (Lipinski definition) is 4. The molecule has 6 nitrogen and oxygen atoms in total. The summed E-state index contributed by atoms with van der Waals surface area (Å²) in [5.41, 5.74) is -1.53. The SMILES string of the molecule is O=C1c2c(O)c(=O)ccn2N2C(c3ccccc3)C(CC3(C(F)(F)F)CC3)CCC2N1CC1CC1. The standard InChI is InChI=1S/C26H28F3N3O3/c27-26(28,29)25(11-12-25)14-18-8-9-20-30(15-16-6-7-16)24(35)22-23(34)19(33)10-13-31(22)32(20)21(18)17-4-2-1-3-5-17/h1-5,10,13,16,18,20-21,34H,6-9,11-12,14-15H2. The summed E-state index contributed by atoms with van der Waals surface area (Å²) in [7, 11) is 0.